The Hall–Kier alpha value is -4.26. The summed E-state index contributed by atoms with van der Waals surface area (Å²) in [6.45, 7) is 2.44. The van der Waals surface area contributed by atoms with Gasteiger partial charge in [-0.25, -0.2) is 9.97 Å². The number of rotatable bonds is 5. The largest absolute Gasteiger partial charge is 0.348 e. The lowest BCUT2D eigenvalue weighted by Crippen LogP contribution is -2.06. The van der Waals surface area contributed by atoms with Crippen LogP contribution < -0.4 is 5.32 Å². The van der Waals surface area contributed by atoms with E-state index in [1.165, 1.54) is 0 Å². The molecule has 150 valence electrons. The SMILES string of the molecule is Cc1cc(-c2cnc(CNc3nccc(-c4ccc5ncccc5c4)n3)cn2)ccn1. The highest BCUT2D eigenvalue weighted by atomic mass is 15.1. The summed E-state index contributed by atoms with van der Waals surface area (Å²) in [5.41, 5.74) is 6.40. The van der Waals surface area contributed by atoms with Crippen molar-refractivity contribution in [3.63, 3.8) is 0 Å². The van der Waals surface area contributed by atoms with Crippen LogP contribution in [0.2, 0.25) is 0 Å². The van der Waals surface area contributed by atoms with Crippen molar-refractivity contribution in [2.45, 2.75) is 13.5 Å². The smallest absolute Gasteiger partial charge is 0.223 e. The van der Waals surface area contributed by atoms with Crippen LogP contribution in [0.1, 0.15) is 11.4 Å². The summed E-state index contributed by atoms with van der Waals surface area (Å²) in [6.07, 6.45) is 8.85. The first-order valence-electron chi connectivity index (χ1n) is 9.91. The van der Waals surface area contributed by atoms with Gasteiger partial charge in [0.05, 0.1) is 41.5 Å². The van der Waals surface area contributed by atoms with Gasteiger partial charge in [0, 0.05) is 40.8 Å². The van der Waals surface area contributed by atoms with Crippen molar-refractivity contribution < 1.29 is 0 Å². The predicted molar refractivity (Wildman–Crippen MR) is 120 cm³/mol. The lowest BCUT2D eigenvalue weighted by atomic mass is 10.1. The van der Waals surface area contributed by atoms with Gasteiger partial charge in [-0.1, -0.05) is 12.1 Å². The number of nitrogens with zero attached hydrogens (tertiary/aromatic N) is 6. The zero-order chi connectivity index (χ0) is 21.0. The van der Waals surface area contributed by atoms with Crippen molar-refractivity contribution in [3.8, 4) is 22.5 Å². The molecule has 0 unspecified atom stereocenters. The van der Waals surface area contributed by atoms with Gasteiger partial charge in [0.25, 0.3) is 0 Å². The van der Waals surface area contributed by atoms with Gasteiger partial charge < -0.3 is 5.32 Å². The molecule has 31 heavy (non-hydrogen) atoms. The third-order valence-corrected chi connectivity index (χ3v) is 4.88. The molecule has 0 bridgehead atoms. The first-order valence-corrected chi connectivity index (χ1v) is 9.91. The minimum absolute atomic E-state index is 0.480. The van der Waals surface area contributed by atoms with Gasteiger partial charge in [-0.15, -0.1) is 0 Å². The molecule has 0 amide bonds. The third kappa shape index (κ3) is 4.20. The number of hydrogen-bond donors (Lipinski definition) is 1. The zero-order valence-corrected chi connectivity index (χ0v) is 16.9. The molecule has 5 rings (SSSR count). The van der Waals surface area contributed by atoms with Crippen molar-refractivity contribution in [2.24, 2.45) is 0 Å². The first kappa shape index (κ1) is 18.7. The minimum atomic E-state index is 0.480. The van der Waals surface area contributed by atoms with Crippen LogP contribution in [0.3, 0.4) is 0 Å². The molecule has 0 aliphatic carbocycles. The Morgan fingerprint density at radius 1 is 0.742 bits per heavy atom. The van der Waals surface area contributed by atoms with E-state index in [0.29, 0.717) is 12.5 Å². The topological polar surface area (TPSA) is 89.4 Å². The normalized spacial score (nSPS) is 10.9. The van der Waals surface area contributed by atoms with E-state index >= 15 is 0 Å². The summed E-state index contributed by atoms with van der Waals surface area (Å²) < 4.78 is 0. The number of pyridine rings is 2. The van der Waals surface area contributed by atoms with Crippen LogP contribution in [0, 0.1) is 6.92 Å². The number of aromatic nitrogens is 6. The van der Waals surface area contributed by atoms with E-state index in [-0.39, 0.29) is 0 Å². The molecule has 0 aliphatic heterocycles. The number of aryl methyl sites for hydroxylation is 1. The van der Waals surface area contributed by atoms with E-state index in [9.17, 15) is 0 Å². The van der Waals surface area contributed by atoms with E-state index in [1.54, 1.807) is 31.0 Å². The minimum Gasteiger partial charge on any atom is -0.348 e. The molecule has 4 aromatic heterocycles. The van der Waals surface area contributed by atoms with Crippen LogP contribution in [0.4, 0.5) is 5.95 Å². The summed E-state index contributed by atoms with van der Waals surface area (Å²) in [5, 5.41) is 4.31. The van der Waals surface area contributed by atoms with Crippen molar-refractivity contribution in [1.29, 1.82) is 0 Å². The van der Waals surface area contributed by atoms with Crippen LogP contribution in [-0.2, 0) is 6.54 Å². The van der Waals surface area contributed by atoms with Crippen LogP contribution >= 0.6 is 0 Å². The molecule has 0 aliphatic rings. The van der Waals surface area contributed by atoms with Crippen LogP contribution in [-0.4, -0.2) is 29.9 Å². The maximum atomic E-state index is 4.64. The number of nitrogens with one attached hydrogen (secondary N) is 1. The van der Waals surface area contributed by atoms with Gasteiger partial charge in [-0.3, -0.25) is 19.9 Å². The summed E-state index contributed by atoms with van der Waals surface area (Å²) in [6, 6.07) is 15.9. The maximum absolute atomic E-state index is 4.64. The highest BCUT2D eigenvalue weighted by molar-refractivity contribution is 5.83. The molecule has 7 nitrogen and oxygen atoms in total. The molecule has 0 spiro atoms. The Morgan fingerprint density at radius 3 is 2.52 bits per heavy atom. The molecule has 1 aromatic carbocycles. The number of anilines is 1. The fraction of sp³-hybridized carbons (Fsp3) is 0.0833. The quantitative estimate of drug-likeness (QED) is 0.461. The Morgan fingerprint density at radius 2 is 1.65 bits per heavy atom. The van der Waals surface area contributed by atoms with E-state index < -0.39 is 0 Å². The Kier molecular flexibility index (Phi) is 4.98. The van der Waals surface area contributed by atoms with Gasteiger partial charge in [-0.2, -0.15) is 0 Å². The highest BCUT2D eigenvalue weighted by Crippen LogP contribution is 2.22. The molecule has 5 aromatic rings. The first-order chi connectivity index (χ1) is 15.2. The summed E-state index contributed by atoms with van der Waals surface area (Å²) in [4.78, 5) is 26.6. The van der Waals surface area contributed by atoms with Crippen molar-refractivity contribution in [1.82, 2.24) is 29.9 Å². The standard InChI is InChI=1S/C24H19N7/c1-16-11-19(6-9-25-16)23-15-28-20(13-29-23)14-30-24-27-10-7-22(31-24)18-4-5-21-17(12-18)3-2-8-26-21/h2-13,15H,14H2,1H3,(H,27,30,31). The fourth-order valence-corrected chi connectivity index (χ4v) is 3.31. The second-order valence-corrected chi connectivity index (χ2v) is 7.11. The summed E-state index contributed by atoms with van der Waals surface area (Å²) in [5.74, 6) is 0.541. The predicted octanol–water partition coefficient (Wildman–Crippen LogP) is 4.46. The van der Waals surface area contributed by atoms with Crippen molar-refractivity contribution >= 4 is 16.9 Å². The molecule has 0 saturated heterocycles. The van der Waals surface area contributed by atoms with Crippen molar-refractivity contribution in [2.75, 3.05) is 5.32 Å². The summed E-state index contributed by atoms with van der Waals surface area (Å²) >= 11 is 0. The lowest BCUT2D eigenvalue weighted by molar-refractivity contribution is 0.981. The molecule has 0 atom stereocenters. The van der Waals surface area contributed by atoms with E-state index in [4.69, 9.17) is 0 Å². The van der Waals surface area contributed by atoms with E-state index in [1.807, 2.05) is 49.4 Å². The number of hydrogen-bond acceptors (Lipinski definition) is 7. The van der Waals surface area contributed by atoms with Gasteiger partial charge >= 0.3 is 0 Å². The molecule has 4 heterocycles. The monoisotopic (exact) mass is 405 g/mol. The number of fused-ring (bicyclic) bond motifs is 1. The summed E-state index contributed by atoms with van der Waals surface area (Å²) in [7, 11) is 0. The molecule has 0 saturated carbocycles. The van der Waals surface area contributed by atoms with Crippen LogP contribution in [0.25, 0.3) is 33.4 Å². The Bertz CT molecular complexity index is 1350. The third-order valence-electron chi connectivity index (χ3n) is 4.88. The van der Waals surface area contributed by atoms with Crippen molar-refractivity contribution in [3.05, 3.63) is 90.9 Å². The second kappa shape index (κ2) is 8.23. The number of benzene rings is 1. The molecule has 0 fully saturated rings. The maximum Gasteiger partial charge on any atom is 0.223 e. The average Bonchev–Trinajstić information content (AvgIpc) is 2.83. The zero-order valence-electron chi connectivity index (χ0n) is 16.9. The van der Waals surface area contributed by atoms with Gasteiger partial charge in [-0.05, 0) is 43.3 Å². The molecular formula is C24H19N7. The highest BCUT2D eigenvalue weighted by Gasteiger charge is 2.06. The fourth-order valence-electron chi connectivity index (χ4n) is 3.31. The van der Waals surface area contributed by atoms with Crippen LogP contribution in [0.15, 0.2) is 79.5 Å². The second-order valence-electron chi connectivity index (χ2n) is 7.11. The lowest BCUT2D eigenvalue weighted by Gasteiger charge is -2.08. The van der Waals surface area contributed by atoms with Gasteiger partial charge in [0.2, 0.25) is 5.95 Å². The van der Waals surface area contributed by atoms with E-state index in [2.05, 4.69) is 41.3 Å². The molecule has 1 N–H and O–H groups in total. The van der Waals surface area contributed by atoms with Gasteiger partial charge in [0.1, 0.15) is 0 Å². The van der Waals surface area contributed by atoms with E-state index in [0.717, 1.165) is 44.8 Å². The molecule has 7 heteroatoms. The van der Waals surface area contributed by atoms with Crippen LogP contribution in [0.5, 0.6) is 0 Å². The van der Waals surface area contributed by atoms with Gasteiger partial charge in [0.15, 0.2) is 0 Å². The molecule has 0 radical (unpaired) electrons. The Labute approximate surface area is 179 Å². The molecular weight excluding hydrogens is 386 g/mol. The Balaban J connectivity index is 1.30. The average molecular weight is 405 g/mol.